The number of nitrogen functional groups attached to an aromatic ring is 1. The van der Waals surface area contributed by atoms with E-state index in [1.165, 1.54) is 23.2 Å². The molecule has 0 radical (unpaired) electrons. The molecular formula is C37H47N5O3. The number of hydrazine groups is 1. The summed E-state index contributed by atoms with van der Waals surface area (Å²) in [5.41, 5.74) is 14.5. The van der Waals surface area contributed by atoms with Crippen LogP contribution in [0.3, 0.4) is 0 Å². The van der Waals surface area contributed by atoms with E-state index in [1.54, 1.807) is 7.05 Å². The van der Waals surface area contributed by atoms with Crippen molar-refractivity contribution in [1.29, 1.82) is 0 Å². The number of anilines is 2. The van der Waals surface area contributed by atoms with Gasteiger partial charge in [0.2, 0.25) is 0 Å². The third-order valence-corrected chi connectivity index (χ3v) is 9.30. The van der Waals surface area contributed by atoms with E-state index < -0.39 is 5.41 Å². The number of esters is 1. The highest BCUT2D eigenvalue weighted by Gasteiger charge is 2.41. The lowest BCUT2D eigenvalue weighted by atomic mass is 9.69. The number of carbonyl (C=O) groups excluding carboxylic acids is 1. The van der Waals surface area contributed by atoms with E-state index in [1.807, 2.05) is 45.2 Å². The third kappa shape index (κ3) is 6.49. The van der Waals surface area contributed by atoms with Crippen molar-refractivity contribution in [3.05, 3.63) is 94.2 Å². The van der Waals surface area contributed by atoms with Gasteiger partial charge >= 0.3 is 5.97 Å². The Kier molecular flexibility index (Phi) is 9.37. The van der Waals surface area contributed by atoms with E-state index in [9.17, 15) is 4.79 Å². The van der Waals surface area contributed by atoms with E-state index >= 15 is 0 Å². The summed E-state index contributed by atoms with van der Waals surface area (Å²) < 4.78 is 11.9. The van der Waals surface area contributed by atoms with Gasteiger partial charge in [-0.2, -0.15) is 0 Å². The minimum absolute atomic E-state index is 0.0877. The van der Waals surface area contributed by atoms with Crippen LogP contribution in [-0.4, -0.2) is 42.7 Å². The average Bonchev–Trinajstić information content (AvgIpc) is 3.16. The van der Waals surface area contributed by atoms with E-state index in [2.05, 4.69) is 60.1 Å². The Labute approximate surface area is 267 Å². The second-order valence-electron chi connectivity index (χ2n) is 13.0. The van der Waals surface area contributed by atoms with Crippen molar-refractivity contribution >= 4 is 28.2 Å². The molecule has 0 saturated heterocycles. The summed E-state index contributed by atoms with van der Waals surface area (Å²) in [4.78, 5) is 20.4. The van der Waals surface area contributed by atoms with Crippen molar-refractivity contribution in [1.82, 2.24) is 9.88 Å². The van der Waals surface area contributed by atoms with Crippen LogP contribution in [-0.2, 0) is 22.6 Å². The molecule has 238 valence electrons. The van der Waals surface area contributed by atoms with Gasteiger partial charge in [-0.05, 0) is 86.2 Å². The zero-order chi connectivity index (χ0) is 32.5. The van der Waals surface area contributed by atoms with E-state index in [4.69, 9.17) is 21.1 Å². The lowest BCUT2D eigenvalue weighted by Crippen LogP contribution is -2.34. The predicted molar refractivity (Wildman–Crippen MR) is 182 cm³/mol. The van der Waals surface area contributed by atoms with E-state index in [0.717, 1.165) is 77.1 Å². The second-order valence-corrected chi connectivity index (χ2v) is 13.0. The molecule has 2 unspecified atom stereocenters. The number of methoxy groups -OCH3 is 1. The molecule has 0 fully saturated rings. The molecule has 4 N–H and O–H groups in total. The lowest BCUT2D eigenvalue weighted by molar-refractivity contribution is -0.151. The predicted octanol–water partition coefficient (Wildman–Crippen LogP) is 6.64. The number of fused-ring (bicyclic) bond motifs is 2. The molecule has 0 saturated carbocycles. The van der Waals surface area contributed by atoms with Crippen LogP contribution in [0.4, 0.5) is 11.4 Å². The van der Waals surface area contributed by atoms with Crippen molar-refractivity contribution in [2.24, 2.45) is 11.3 Å². The van der Waals surface area contributed by atoms with Crippen molar-refractivity contribution in [3.63, 3.8) is 0 Å². The minimum Gasteiger partial charge on any atom is -0.489 e. The van der Waals surface area contributed by atoms with Crippen LogP contribution in [0, 0.1) is 19.3 Å². The van der Waals surface area contributed by atoms with Gasteiger partial charge in [0.05, 0.1) is 29.4 Å². The number of nitrogens with zero attached hydrogens (tertiary/aromatic N) is 3. The number of rotatable bonds is 9. The number of benzene rings is 3. The summed E-state index contributed by atoms with van der Waals surface area (Å²) in [6.07, 6.45) is 3.94. The number of carbonyl (C=O) groups is 1. The van der Waals surface area contributed by atoms with Gasteiger partial charge in [-0.3, -0.25) is 14.7 Å². The van der Waals surface area contributed by atoms with Crippen molar-refractivity contribution in [2.45, 2.75) is 72.6 Å². The summed E-state index contributed by atoms with van der Waals surface area (Å²) in [7, 11) is 3.21. The standard InChI is InChI=1S/C37H47N5O3/c1-8-10-29-22-42(21-28-18-31-25(11-9-16-40-31)19-33(28)45-29)20-27-17-26(13-12-23(27)2)34(37(4,5)36(43)44-7)30-14-15-32(41(6)39)35(38)24(30)3/h9,11-19,29,34H,8,10,20-22,38-39H2,1-7H3. The first-order valence-corrected chi connectivity index (χ1v) is 15.8. The van der Waals surface area contributed by atoms with Gasteiger partial charge in [0, 0.05) is 49.7 Å². The number of hydrogen-bond acceptors (Lipinski definition) is 8. The molecule has 1 aromatic heterocycles. The summed E-state index contributed by atoms with van der Waals surface area (Å²) in [6.45, 7) is 12.5. The molecule has 8 heteroatoms. The Morgan fingerprint density at radius 3 is 2.67 bits per heavy atom. The topological polar surface area (TPSA) is 107 Å². The maximum absolute atomic E-state index is 13.3. The van der Waals surface area contributed by atoms with Gasteiger partial charge < -0.3 is 20.2 Å². The van der Waals surface area contributed by atoms with Crippen LogP contribution in [0.5, 0.6) is 5.75 Å². The monoisotopic (exact) mass is 609 g/mol. The number of nitrogens with two attached hydrogens (primary N) is 2. The summed E-state index contributed by atoms with van der Waals surface area (Å²) in [6, 6.07) is 18.9. The molecule has 1 aliphatic heterocycles. The highest BCUT2D eigenvalue weighted by atomic mass is 16.5. The molecule has 5 rings (SSSR count). The van der Waals surface area contributed by atoms with Crippen LogP contribution in [0.1, 0.15) is 72.9 Å². The van der Waals surface area contributed by atoms with Gasteiger partial charge in [-0.1, -0.05) is 43.7 Å². The highest BCUT2D eigenvalue weighted by molar-refractivity contribution is 5.81. The zero-order valence-electron chi connectivity index (χ0n) is 27.7. The molecule has 1 aliphatic rings. The smallest absolute Gasteiger partial charge is 0.312 e. The van der Waals surface area contributed by atoms with Crippen LogP contribution >= 0.6 is 0 Å². The average molecular weight is 610 g/mol. The molecule has 0 spiro atoms. The summed E-state index contributed by atoms with van der Waals surface area (Å²) in [5.74, 6) is 6.42. The number of aromatic nitrogens is 1. The Morgan fingerprint density at radius 2 is 1.96 bits per heavy atom. The van der Waals surface area contributed by atoms with Gasteiger partial charge in [0.15, 0.2) is 0 Å². The first kappa shape index (κ1) is 32.3. The SMILES string of the molecule is CCCC1CN(Cc2cc(C(c3ccc(N(C)N)c(N)c3C)C(C)(C)C(=O)OC)ccc2C)Cc2cc3ncccc3cc2O1. The molecule has 0 bridgehead atoms. The zero-order valence-corrected chi connectivity index (χ0v) is 27.7. The first-order chi connectivity index (χ1) is 21.4. The first-order valence-electron chi connectivity index (χ1n) is 15.8. The summed E-state index contributed by atoms with van der Waals surface area (Å²) >= 11 is 0. The molecule has 45 heavy (non-hydrogen) atoms. The van der Waals surface area contributed by atoms with Crippen LogP contribution in [0.15, 0.2) is 60.8 Å². The van der Waals surface area contributed by atoms with Crippen LogP contribution in [0.2, 0.25) is 0 Å². The molecule has 0 amide bonds. The number of ether oxygens (including phenoxy) is 2. The fourth-order valence-corrected chi connectivity index (χ4v) is 6.78. The normalized spacial score (nSPS) is 16.0. The quantitative estimate of drug-likeness (QED) is 0.0942. The van der Waals surface area contributed by atoms with Crippen LogP contribution < -0.4 is 21.3 Å². The maximum Gasteiger partial charge on any atom is 0.312 e. The fraction of sp³-hybridized carbons (Fsp3) is 0.405. The van der Waals surface area contributed by atoms with Gasteiger partial charge in [-0.25, -0.2) is 5.84 Å². The molecule has 3 aromatic carbocycles. The van der Waals surface area contributed by atoms with Gasteiger partial charge in [-0.15, -0.1) is 0 Å². The second kappa shape index (κ2) is 13.1. The number of hydrogen-bond donors (Lipinski definition) is 2. The molecule has 0 aliphatic carbocycles. The Bertz CT molecular complexity index is 1700. The van der Waals surface area contributed by atoms with Gasteiger partial charge in [0.25, 0.3) is 0 Å². The Balaban J connectivity index is 1.56. The molecule has 2 atom stereocenters. The van der Waals surface area contributed by atoms with Crippen LogP contribution in [0.25, 0.3) is 10.9 Å². The number of aryl methyl sites for hydroxylation is 1. The Morgan fingerprint density at radius 1 is 1.18 bits per heavy atom. The van der Waals surface area contributed by atoms with E-state index in [0.29, 0.717) is 5.69 Å². The third-order valence-electron chi connectivity index (χ3n) is 9.30. The van der Waals surface area contributed by atoms with Crippen molar-refractivity contribution in [2.75, 3.05) is 31.4 Å². The highest BCUT2D eigenvalue weighted by Crippen LogP contribution is 2.45. The van der Waals surface area contributed by atoms with Gasteiger partial charge in [0.1, 0.15) is 11.9 Å². The maximum atomic E-state index is 13.3. The summed E-state index contributed by atoms with van der Waals surface area (Å²) in [5, 5.41) is 2.61. The number of pyridine rings is 1. The van der Waals surface area contributed by atoms with E-state index in [-0.39, 0.29) is 18.0 Å². The largest absolute Gasteiger partial charge is 0.489 e. The minimum atomic E-state index is -0.871. The molecule has 8 nitrogen and oxygen atoms in total. The van der Waals surface area contributed by atoms with Crippen molar-refractivity contribution in [3.8, 4) is 5.75 Å². The Hall–Kier alpha value is -4.14. The molecule has 4 aromatic rings. The molecule has 2 heterocycles. The lowest BCUT2D eigenvalue weighted by Gasteiger charge is -2.35. The fourth-order valence-electron chi connectivity index (χ4n) is 6.78. The van der Waals surface area contributed by atoms with Crippen molar-refractivity contribution < 1.29 is 14.3 Å². The molecular weight excluding hydrogens is 562 g/mol.